The molecule has 1 heterocycles. The van der Waals surface area contributed by atoms with Gasteiger partial charge in [-0.1, -0.05) is 44.2 Å². The maximum atomic E-state index is 12.5. The van der Waals surface area contributed by atoms with Crippen LogP contribution in [0, 0.1) is 0 Å². The number of carbonyl (C=O) groups is 1. The number of methoxy groups -OCH3 is 1. The number of hydrogen-bond donors (Lipinski definition) is 2. The van der Waals surface area contributed by atoms with E-state index >= 15 is 0 Å². The second-order valence-electron chi connectivity index (χ2n) is 7.15. The topological polar surface area (TPSA) is 63.2 Å². The molecular weight excluding hydrogens is 362 g/mol. The number of carbonyl (C=O) groups excluding carboxylic acids is 1. The van der Waals surface area contributed by atoms with Gasteiger partial charge in [0.05, 0.1) is 7.11 Å². The first kappa shape index (κ1) is 20.4. The zero-order chi connectivity index (χ0) is 20.6. The third-order valence-electron chi connectivity index (χ3n) is 4.73. The summed E-state index contributed by atoms with van der Waals surface area (Å²) in [6.45, 7) is 4.85. The van der Waals surface area contributed by atoms with E-state index in [1.807, 2.05) is 42.5 Å². The molecule has 0 radical (unpaired) electrons. The molecule has 2 N–H and O–H groups in total. The van der Waals surface area contributed by atoms with Crippen molar-refractivity contribution in [2.45, 2.75) is 26.2 Å². The molecule has 0 bridgehead atoms. The lowest BCUT2D eigenvalue weighted by Crippen LogP contribution is -2.26. The number of rotatable bonds is 8. The van der Waals surface area contributed by atoms with Gasteiger partial charge in [-0.05, 0) is 53.8 Å². The average Bonchev–Trinajstić information content (AvgIpc) is 2.74. The molecule has 0 atom stereocenters. The third kappa shape index (κ3) is 5.57. The lowest BCUT2D eigenvalue weighted by molar-refractivity contribution is 0.0949. The van der Waals surface area contributed by atoms with Crippen LogP contribution in [0.4, 0.5) is 11.4 Å². The normalized spacial score (nSPS) is 10.6. The number of hydrogen-bond acceptors (Lipinski definition) is 4. The lowest BCUT2D eigenvalue weighted by Gasteiger charge is -2.11. The van der Waals surface area contributed by atoms with Gasteiger partial charge in [-0.15, -0.1) is 0 Å². The number of benzene rings is 2. The molecule has 3 aromatic rings. The SMILES string of the molecule is COc1ccccc1CCNC(=O)c1cc(Nc2ccc(C(C)C)cc2)ccn1. The largest absolute Gasteiger partial charge is 0.496 e. The minimum absolute atomic E-state index is 0.196. The number of aromatic nitrogens is 1. The first-order valence-electron chi connectivity index (χ1n) is 9.80. The van der Waals surface area contributed by atoms with Crippen molar-refractivity contribution in [1.29, 1.82) is 0 Å². The highest BCUT2D eigenvalue weighted by atomic mass is 16.5. The van der Waals surface area contributed by atoms with E-state index in [4.69, 9.17) is 4.74 Å². The van der Waals surface area contributed by atoms with Gasteiger partial charge in [0, 0.05) is 24.1 Å². The Morgan fingerprint density at radius 2 is 1.79 bits per heavy atom. The molecule has 0 fully saturated rings. The van der Waals surface area contributed by atoms with Crippen molar-refractivity contribution in [1.82, 2.24) is 10.3 Å². The van der Waals surface area contributed by atoms with Crippen molar-refractivity contribution < 1.29 is 9.53 Å². The summed E-state index contributed by atoms with van der Waals surface area (Å²) >= 11 is 0. The van der Waals surface area contributed by atoms with Gasteiger partial charge in [-0.3, -0.25) is 9.78 Å². The van der Waals surface area contributed by atoms with Gasteiger partial charge < -0.3 is 15.4 Å². The van der Waals surface area contributed by atoms with E-state index in [0.717, 1.165) is 22.7 Å². The summed E-state index contributed by atoms with van der Waals surface area (Å²) in [6, 6.07) is 19.7. The van der Waals surface area contributed by atoms with Crippen molar-refractivity contribution in [3.8, 4) is 5.75 Å². The molecule has 0 unspecified atom stereocenters. The van der Waals surface area contributed by atoms with E-state index in [9.17, 15) is 4.79 Å². The van der Waals surface area contributed by atoms with Crippen molar-refractivity contribution in [2.24, 2.45) is 0 Å². The van der Waals surface area contributed by atoms with Gasteiger partial charge in [0.15, 0.2) is 0 Å². The summed E-state index contributed by atoms with van der Waals surface area (Å²) in [5.74, 6) is 1.13. The maximum Gasteiger partial charge on any atom is 0.269 e. The first-order chi connectivity index (χ1) is 14.1. The summed E-state index contributed by atoms with van der Waals surface area (Å²) in [5, 5.41) is 6.25. The van der Waals surface area contributed by atoms with Crippen molar-refractivity contribution in [3.63, 3.8) is 0 Å². The van der Waals surface area contributed by atoms with Crippen LogP contribution in [0.15, 0.2) is 66.9 Å². The molecule has 1 amide bonds. The highest BCUT2D eigenvalue weighted by Crippen LogP contribution is 2.21. The molecule has 5 heteroatoms. The van der Waals surface area contributed by atoms with Crippen LogP contribution in [-0.2, 0) is 6.42 Å². The second-order valence-corrected chi connectivity index (χ2v) is 7.15. The van der Waals surface area contributed by atoms with E-state index in [1.165, 1.54) is 5.56 Å². The Morgan fingerprint density at radius 3 is 2.52 bits per heavy atom. The molecule has 0 aliphatic rings. The van der Waals surface area contributed by atoms with Crippen LogP contribution < -0.4 is 15.4 Å². The molecule has 5 nitrogen and oxygen atoms in total. The van der Waals surface area contributed by atoms with Crippen LogP contribution in [-0.4, -0.2) is 24.5 Å². The van der Waals surface area contributed by atoms with E-state index in [0.29, 0.717) is 24.6 Å². The van der Waals surface area contributed by atoms with Crippen LogP contribution in [0.25, 0.3) is 0 Å². The second kappa shape index (κ2) is 9.73. The number of amides is 1. The highest BCUT2D eigenvalue weighted by Gasteiger charge is 2.09. The molecule has 0 aliphatic carbocycles. The standard InChI is InChI=1S/C24H27N3O2/c1-17(2)18-8-10-20(11-9-18)27-21-13-15-25-22(16-21)24(28)26-14-12-19-6-4-5-7-23(19)29-3/h4-11,13,15-17H,12,14H2,1-3H3,(H,25,27)(H,26,28). The van der Waals surface area contributed by atoms with Crippen LogP contribution in [0.3, 0.4) is 0 Å². The summed E-state index contributed by atoms with van der Waals surface area (Å²) in [5.41, 5.74) is 4.54. The molecule has 150 valence electrons. The molecule has 0 aliphatic heterocycles. The van der Waals surface area contributed by atoms with Crippen LogP contribution >= 0.6 is 0 Å². The predicted octanol–water partition coefficient (Wildman–Crippen LogP) is 4.93. The minimum atomic E-state index is -0.196. The molecule has 0 saturated carbocycles. The van der Waals surface area contributed by atoms with Crippen molar-refractivity contribution >= 4 is 17.3 Å². The number of pyridine rings is 1. The Hall–Kier alpha value is -3.34. The fourth-order valence-corrected chi connectivity index (χ4v) is 3.06. The van der Waals surface area contributed by atoms with Gasteiger partial charge in [0.1, 0.15) is 11.4 Å². The Bertz CT molecular complexity index is 952. The quantitative estimate of drug-likeness (QED) is 0.573. The highest BCUT2D eigenvalue weighted by molar-refractivity contribution is 5.93. The zero-order valence-corrected chi connectivity index (χ0v) is 17.1. The van der Waals surface area contributed by atoms with Crippen molar-refractivity contribution in [3.05, 3.63) is 83.7 Å². The Kier molecular flexibility index (Phi) is 6.85. The molecule has 3 rings (SSSR count). The van der Waals surface area contributed by atoms with Crippen LogP contribution in [0.2, 0.25) is 0 Å². The lowest BCUT2D eigenvalue weighted by atomic mass is 10.0. The molecule has 0 spiro atoms. The number of para-hydroxylation sites is 1. The number of nitrogens with one attached hydrogen (secondary N) is 2. The van der Waals surface area contributed by atoms with Gasteiger partial charge >= 0.3 is 0 Å². The number of anilines is 2. The fourth-order valence-electron chi connectivity index (χ4n) is 3.06. The fraction of sp³-hybridized carbons (Fsp3) is 0.250. The monoisotopic (exact) mass is 389 g/mol. The van der Waals surface area contributed by atoms with E-state index in [2.05, 4.69) is 41.6 Å². The maximum absolute atomic E-state index is 12.5. The Balaban J connectivity index is 1.59. The van der Waals surface area contributed by atoms with Gasteiger partial charge in [-0.25, -0.2) is 0 Å². The molecule has 0 saturated heterocycles. The summed E-state index contributed by atoms with van der Waals surface area (Å²) in [4.78, 5) is 16.7. The Morgan fingerprint density at radius 1 is 1.03 bits per heavy atom. The van der Waals surface area contributed by atoms with Crippen molar-refractivity contribution in [2.75, 3.05) is 19.0 Å². The molecule has 29 heavy (non-hydrogen) atoms. The van der Waals surface area contributed by atoms with Gasteiger partial charge in [-0.2, -0.15) is 0 Å². The predicted molar refractivity (Wildman–Crippen MR) is 117 cm³/mol. The summed E-state index contributed by atoms with van der Waals surface area (Å²) in [7, 11) is 1.65. The van der Waals surface area contributed by atoms with E-state index in [1.54, 1.807) is 19.4 Å². The average molecular weight is 389 g/mol. The van der Waals surface area contributed by atoms with E-state index in [-0.39, 0.29) is 5.91 Å². The number of nitrogens with zero attached hydrogens (tertiary/aromatic N) is 1. The minimum Gasteiger partial charge on any atom is -0.496 e. The smallest absolute Gasteiger partial charge is 0.269 e. The van der Waals surface area contributed by atoms with E-state index < -0.39 is 0 Å². The van der Waals surface area contributed by atoms with Gasteiger partial charge in [0.2, 0.25) is 0 Å². The molecule has 2 aromatic carbocycles. The first-order valence-corrected chi connectivity index (χ1v) is 9.80. The molecule has 1 aromatic heterocycles. The van der Waals surface area contributed by atoms with Crippen LogP contribution in [0.5, 0.6) is 5.75 Å². The summed E-state index contributed by atoms with van der Waals surface area (Å²) in [6.07, 6.45) is 2.33. The number of ether oxygens (including phenoxy) is 1. The zero-order valence-electron chi connectivity index (χ0n) is 17.1. The molecular formula is C24H27N3O2. The Labute approximate surface area is 172 Å². The van der Waals surface area contributed by atoms with Crippen LogP contribution in [0.1, 0.15) is 41.4 Å². The summed E-state index contributed by atoms with van der Waals surface area (Å²) < 4.78 is 5.35. The third-order valence-corrected chi connectivity index (χ3v) is 4.73. The van der Waals surface area contributed by atoms with Gasteiger partial charge in [0.25, 0.3) is 5.91 Å².